The van der Waals surface area contributed by atoms with Crippen LogP contribution in [0, 0.1) is 11.8 Å². The zero-order valence-corrected chi connectivity index (χ0v) is 15.1. The van der Waals surface area contributed by atoms with E-state index in [9.17, 15) is 0 Å². The van der Waals surface area contributed by atoms with Gasteiger partial charge in [-0.15, -0.1) is 0 Å². The maximum atomic E-state index is 6.79. The Kier molecular flexibility index (Phi) is 5.85. The van der Waals surface area contributed by atoms with Gasteiger partial charge in [0, 0.05) is 18.1 Å². The van der Waals surface area contributed by atoms with Crippen LogP contribution in [0.15, 0.2) is 0 Å². The molecule has 0 amide bonds. The van der Waals surface area contributed by atoms with Crippen molar-refractivity contribution < 1.29 is 0 Å². The van der Waals surface area contributed by atoms with Crippen LogP contribution in [0.4, 0.5) is 0 Å². The molecule has 2 aliphatic rings. The first-order valence-corrected chi connectivity index (χ1v) is 9.41. The van der Waals surface area contributed by atoms with Gasteiger partial charge in [-0.3, -0.25) is 4.90 Å². The minimum absolute atomic E-state index is 0.0797. The van der Waals surface area contributed by atoms with Gasteiger partial charge in [0.2, 0.25) is 0 Å². The van der Waals surface area contributed by atoms with Crippen molar-refractivity contribution in [1.29, 1.82) is 0 Å². The van der Waals surface area contributed by atoms with Crippen molar-refractivity contribution in [2.75, 3.05) is 0 Å². The van der Waals surface area contributed by atoms with Gasteiger partial charge in [-0.1, -0.05) is 51.3 Å². The predicted molar refractivity (Wildman–Crippen MR) is 93.9 cm³/mol. The average Bonchev–Trinajstić information content (AvgIpc) is 2.72. The van der Waals surface area contributed by atoms with Crippen LogP contribution in [-0.4, -0.2) is 30.9 Å². The fourth-order valence-electron chi connectivity index (χ4n) is 5.02. The lowest BCUT2D eigenvalue weighted by molar-refractivity contribution is 0.128. The van der Waals surface area contributed by atoms with Crippen LogP contribution < -0.4 is 0 Å². The Hall–Kier alpha value is 0.0249. The predicted octanol–water partition coefficient (Wildman–Crippen LogP) is 5.20. The monoisotopic (exact) mass is 289 g/mol. The summed E-state index contributed by atoms with van der Waals surface area (Å²) in [6.45, 7) is 11.8. The smallest absolute Gasteiger partial charge is 0.0749 e. The first kappa shape index (κ1) is 17.4. The number of fused-ring (bicyclic) bond motifs is 1. The minimum Gasteiger partial charge on any atom is -0.295 e. The quantitative estimate of drug-likeness (QED) is 0.631. The van der Waals surface area contributed by atoms with Crippen LogP contribution in [0.3, 0.4) is 0 Å². The number of hydrogen-bond donors (Lipinski definition) is 0. The molecule has 1 saturated carbocycles. The standard InChI is InChI=1S/C19H36BN/c1-14(2)19(20)11-8-6-7-9-18-17(10-12-19)13-16(5)21(18)15(3)4/h14-18H,6-13H2,1-5H3. The number of nitrogens with zero attached hydrogens (tertiary/aromatic N) is 1. The third-order valence-electron chi connectivity index (χ3n) is 6.45. The highest BCUT2D eigenvalue weighted by molar-refractivity contribution is 6.15. The molecule has 1 saturated heterocycles. The molecule has 0 spiro atoms. The molecule has 21 heavy (non-hydrogen) atoms. The van der Waals surface area contributed by atoms with E-state index in [-0.39, 0.29) is 5.31 Å². The summed E-state index contributed by atoms with van der Waals surface area (Å²) in [5.41, 5.74) is 0. The molecule has 0 aromatic rings. The Bertz CT molecular complexity index is 328. The molecule has 4 atom stereocenters. The Morgan fingerprint density at radius 3 is 2.33 bits per heavy atom. The van der Waals surface area contributed by atoms with E-state index in [2.05, 4.69) is 39.5 Å². The van der Waals surface area contributed by atoms with Crippen molar-refractivity contribution >= 4 is 7.85 Å². The Morgan fingerprint density at radius 1 is 1.00 bits per heavy atom. The van der Waals surface area contributed by atoms with Gasteiger partial charge in [-0.25, -0.2) is 0 Å². The van der Waals surface area contributed by atoms with Gasteiger partial charge in [0.25, 0.3) is 0 Å². The van der Waals surface area contributed by atoms with Gasteiger partial charge < -0.3 is 0 Å². The second kappa shape index (κ2) is 7.07. The molecular weight excluding hydrogens is 253 g/mol. The molecular formula is C19H36BN. The van der Waals surface area contributed by atoms with Gasteiger partial charge in [0.05, 0.1) is 7.85 Å². The van der Waals surface area contributed by atoms with Crippen molar-refractivity contribution in [3.05, 3.63) is 0 Å². The SMILES string of the molecule is [B]C1(C(C)C)CCCCCC2C(CC1)CC(C)N2C(C)C. The van der Waals surface area contributed by atoms with Crippen LogP contribution in [0.2, 0.25) is 5.31 Å². The molecule has 1 aliphatic carbocycles. The zero-order chi connectivity index (χ0) is 15.6. The van der Waals surface area contributed by atoms with E-state index >= 15 is 0 Å². The molecule has 1 nitrogen and oxygen atoms in total. The first-order valence-electron chi connectivity index (χ1n) is 9.41. The van der Waals surface area contributed by atoms with E-state index in [1.54, 1.807) is 0 Å². The van der Waals surface area contributed by atoms with E-state index in [4.69, 9.17) is 7.85 Å². The molecule has 1 heterocycles. The van der Waals surface area contributed by atoms with Crippen molar-refractivity contribution in [1.82, 2.24) is 4.90 Å². The molecule has 2 fully saturated rings. The van der Waals surface area contributed by atoms with Crippen LogP contribution in [0.1, 0.15) is 86.0 Å². The van der Waals surface area contributed by atoms with Gasteiger partial charge >= 0.3 is 0 Å². The van der Waals surface area contributed by atoms with Crippen LogP contribution >= 0.6 is 0 Å². The molecule has 0 N–H and O–H groups in total. The molecule has 120 valence electrons. The summed E-state index contributed by atoms with van der Waals surface area (Å²) in [7, 11) is 6.79. The number of likely N-dealkylation sites (tertiary alicyclic amines) is 1. The second-order valence-electron chi connectivity index (χ2n) is 8.48. The highest BCUT2D eigenvalue weighted by atomic mass is 15.2. The summed E-state index contributed by atoms with van der Waals surface area (Å²) < 4.78 is 0. The Labute approximate surface area is 134 Å². The van der Waals surface area contributed by atoms with E-state index in [1.807, 2.05) is 0 Å². The highest BCUT2D eigenvalue weighted by Crippen LogP contribution is 2.47. The molecule has 2 heteroatoms. The lowest BCUT2D eigenvalue weighted by Gasteiger charge is -2.39. The molecule has 2 rings (SSSR count). The molecule has 2 radical (unpaired) electrons. The Morgan fingerprint density at radius 2 is 1.71 bits per heavy atom. The molecule has 0 bridgehead atoms. The van der Waals surface area contributed by atoms with Gasteiger partial charge in [-0.05, 0) is 51.9 Å². The average molecular weight is 289 g/mol. The summed E-state index contributed by atoms with van der Waals surface area (Å²) in [6.07, 6.45) is 10.7. The van der Waals surface area contributed by atoms with Gasteiger partial charge in [0.15, 0.2) is 0 Å². The zero-order valence-electron chi connectivity index (χ0n) is 15.1. The summed E-state index contributed by atoms with van der Waals surface area (Å²) in [6, 6.07) is 2.26. The molecule has 0 aromatic heterocycles. The molecule has 4 unspecified atom stereocenters. The summed E-state index contributed by atoms with van der Waals surface area (Å²) in [4.78, 5) is 2.81. The van der Waals surface area contributed by atoms with E-state index < -0.39 is 0 Å². The highest BCUT2D eigenvalue weighted by Gasteiger charge is 2.41. The summed E-state index contributed by atoms with van der Waals surface area (Å²) >= 11 is 0. The fraction of sp³-hybridized carbons (Fsp3) is 1.00. The lowest BCUT2D eigenvalue weighted by Crippen LogP contribution is -2.41. The minimum atomic E-state index is 0.0797. The van der Waals surface area contributed by atoms with Crippen LogP contribution in [0.5, 0.6) is 0 Å². The van der Waals surface area contributed by atoms with E-state index in [0.717, 1.165) is 18.0 Å². The third kappa shape index (κ3) is 3.87. The summed E-state index contributed by atoms with van der Waals surface area (Å²) in [5.74, 6) is 1.48. The second-order valence-corrected chi connectivity index (χ2v) is 8.48. The lowest BCUT2D eigenvalue weighted by atomic mass is 9.56. The largest absolute Gasteiger partial charge is 0.295 e. The summed E-state index contributed by atoms with van der Waals surface area (Å²) in [5, 5.41) is 0.0797. The van der Waals surface area contributed by atoms with Crippen molar-refractivity contribution in [2.45, 2.75) is 109 Å². The number of hydrogen-bond acceptors (Lipinski definition) is 1. The van der Waals surface area contributed by atoms with Crippen LogP contribution in [0.25, 0.3) is 0 Å². The maximum Gasteiger partial charge on any atom is 0.0749 e. The number of rotatable bonds is 2. The maximum absolute atomic E-state index is 6.79. The molecule has 1 aliphatic heterocycles. The van der Waals surface area contributed by atoms with Crippen molar-refractivity contribution in [2.24, 2.45) is 11.8 Å². The third-order valence-corrected chi connectivity index (χ3v) is 6.45. The van der Waals surface area contributed by atoms with E-state index in [0.29, 0.717) is 12.0 Å². The topological polar surface area (TPSA) is 3.24 Å². The first-order chi connectivity index (χ1) is 9.85. The van der Waals surface area contributed by atoms with Crippen molar-refractivity contribution in [3.63, 3.8) is 0 Å². The van der Waals surface area contributed by atoms with Crippen molar-refractivity contribution in [3.8, 4) is 0 Å². The van der Waals surface area contributed by atoms with Gasteiger partial charge in [-0.2, -0.15) is 0 Å². The van der Waals surface area contributed by atoms with Crippen LogP contribution in [-0.2, 0) is 0 Å². The molecule has 0 aromatic carbocycles. The normalized spacial score (nSPS) is 39.7. The Balaban J connectivity index is 2.11. The van der Waals surface area contributed by atoms with Gasteiger partial charge in [0.1, 0.15) is 0 Å². The fourth-order valence-corrected chi connectivity index (χ4v) is 5.02. The van der Waals surface area contributed by atoms with E-state index in [1.165, 1.54) is 51.4 Å².